The number of allylic oxidation sites excluding steroid dienone is 1. The van der Waals surface area contributed by atoms with Crippen LogP contribution in [0, 0.1) is 0 Å². The highest BCUT2D eigenvalue weighted by Gasteiger charge is 2.31. The second-order valence-corrected chi connectivity index (χ2v) is 7.18. The molecule has 0 unspecified atom stereocenters. The molecular weight excluding hydrogens is 334 g/mol. The summed E-state index contributed by atoms with van der Waals surface area (Å²) in [4.78, 5) is 15.2. The first-order valence-corrected chi connectivity index (χ1v) is 9.95. The normalized spacial score (nSPS) is 18.7. The molecule has 2 aliphatic rings. The molecule has 0 saturated carbocycles. The molecule has 1 aliphatic carbocycles. The van der Waals surface area contributed by atoms with E-state index >= 15 is 0 Å². The van der Waals surface area contributed by atoms with Gasteiger partial charge in [0.25, 0.3) is 0 Å². The Labute approximate surface area is 161 Å². The zero-order valence-corrected chi connectivity index (χ0v) is 16.1. The van der Waals surface area contributed by atoms with Gasteiger partial charge in [-0.1, -0.05) is 24.3 Å². The van der Waals surface area contributed by atoms with E-state index in [-0.39, 0.29) is 11.8 Å². The van der Waals surface area contributed by atoms with Crippen molar-refractivity contribution in [2.45, 2.75) is 39.2 Å². The van der Waals surface area contributed by atoms with E-state index in [0.717, 1.165) is 54.1 Å². The Hall–Kier alpha value is -2.75. The largest absolute Gasteiger partial charge is 0.372 e. The molecule has 0 saturated heterocycles. The molecule has 1 aliphatic heterocycles. The number of fused-ring (bicyclic) bond motifs is 1. The number of ketones is 1. The Balaban J connectivity index is 1.76. The Morgan fingerprint density at radius 2 is 1.67 bits per heavy atom. The fourth-order valence-corrected chi connectivity index (χ4v) is 4.15. The average Bonchev–Trinajstić information content (AvgIpc) is 2.87. The predicted octanol–water partition coefficient (Wildman–Crippen LogP) is 5.12. The smallest absolute Gasteiger partial charge is 0.163 e. The molecule has 0 aromatic heterocycles. The molecule has 140 valence electrons. The summed E-state index contributed by atoms with van der Waals surface area (Å²) in [5.41, 5.74) is 6.40. The van der Waals surface area contributed by atoms with Gasteiger partial charge in [0.1, 0.15) is 0 Å². The SMILES string of the molecule is CCN(CC)c1ccc([C@H]2Nc3ccccc3NC3=C2C(=O)CCC3)cc1. The minimum atomic E-state index is -0.116. The lowest BCUT2D eigenvalue weighted by Crippen LogP contribution is -2.24. The molecule has 0 amide bonds. The van der Waals surface area contributed by atoms with Gasteiger partial charge in [-0.3, -0.25) is 4.79 Å². The van der Waals surface area contributed by atoms with Crippen LogP contribution in [0.4, 0.5) is 17.1 Å². The summed E-state index contributed by atoms with van der Waals surface area (Å²) in [5.74, 6) is 0.252. The Morgan fingerprint density at radius 1 is 0.963 bits per heavy atom. The number of anilines is 3. The molecule has 0 radical (unpaired) electrons. The second kappa shape index (κ2) is 7.47. The molecule has 4 rings (SSSR count). The van der Waals surface area contributed by atoms with Crippen molar-refractivity contribution in [3.63, 3.8) is 0 Å². The molecule has 0 bridgehead atoms. The van der Waals surface area contributed by atoms with Gasteiger partial charge < -0.3 is 15.5 Å². The van der Waals surface area contributed by atoms with Crippen LogP contribution in [0.2, 0.25) is 0 Å². The van der Waals surface area contributed by atoms with E-state index in [1.807, 2.05) is 12.1 Å². The van der Waals surface area contributed by atoms with E-state index in [2.05, 4.69) is 65.8 Å². The van der Waals surface area contributed by atoms with Crippen molar-refractivity contribution in [3.8, 4) is 0 Å². The number of nitrogens with zero attached hydrogens (tertiary/aromatic N) is 1. The van der Waals surface area contributed by atoms with Gasteiger partial charge in [-0.05, 0) is 56.5 Å². The molecule has 4 heteroatoms. The van der Waals surface area contributed by atoms with Gasteiger partial charge in [-0.2, -0.15) is 0 Å². The zero-order valence-electron chi connectivity index (χ0n) is 16.1. The lowest BCUT2D eigenvalue weighted by atomic mass is 9.86. The topological polar surface area (TPSA) is 44.4 Å². The molecule has 2 N–H and O–H groups in total. The molecule has 0 fully saturated rings. The van der Waals surface area contributed by atoms with Crippen molar-refractivity contribution in [1.29, 1.82) is 0 Å². The highest BCUT2D eigenvalue weighted by molar-refractivity contribution is 6.00. The third-order valence-electron chi connectivity index (χ3n) is 5.61. The van der Waals surface area contributed by atoms with Crippen LogP contribution in [0.3, 0.4) is 0 Å². The number of benzene rings is 2. The van der Waals surface area contributed by atoms with Crippen molar-refractivity contribution >= 4 is 22.8 Å². The van der Waals surface area contributed by atoms with E-state index in [0.29, 0.717) is 6.42 Å². The van der Waals surface area contributed by atoms with Gasteiger partial charge in [0.05, 0.1) is 17.4 Å². The Bertz CT molecular complexity index is 865. The molecule has 1 atom stereocenters. The maximum Gasteiger partial charge on any atom is 0.163 e. The van der Waals surface area contributed by atoms with Crippen LogP contribution in [0.5, 0.6) is 0 Å². The quantitative estimate of drug-likeness (QED) is 0.793. The van der Waals surface area contributed by atoms with Crippen molar-refractivity contribution in [2.24, 2.45) is 0 Å². The van der Waals surface area contributed by atoms with E-state index < -0.39 is 0 Å². The van der Waals surface area contributed by atoms with Crippen LogP contribution in [-0.4, -0.2) is 18.9 Å². The third-order valence-corrected chi connectivity index (χ3v) is 5.61. The first kappa shape index (κ1) is 17.7. The number of Topliss-reactive ketones (excluding diaryl/α,β-unsaturated/α-hetero) is 1. The summed E-state index contributed by atoms with van der Waals surface area (Å²) >= 11 is 0. The van der Waals surface area contributed by atoms with E-state index in [1.165, 1.54) is 5.69 Å². The fraction of sp³-hybridized carbons (Fsp3) is 0.348. The molecule has 4 nitrogen and oxygen atoms in total. The number of carbonyl (C=O) groups is 1. The standard InChI is InChI=1S/C23H27N3O/c1-3-26(4-2)17-14-12-16(13-15-17)23-22-20(10-7-11-21(22)27)24-18-8-5-6-9-19(18)25-23/h5-6,8-9,12-15,23-25H,3-4,7,10-11H2,1-2H3/t23-/m1/s1. The van der Waals surface area contributed by atoms with Crippen molar-refractivity contribution < 1.29 is 4.79 Å². The average molecular weight is 361 g/mol. The summed E-state index contributed by atoms with van der Waals surface area (Å²) in [6.07, 6.45) is 2.47. The van der Waals surface area contributed by atoms with Crippen LogP contribution < -0.4 is 15.5 Å². The lowest BCUT2D eigenvalue weighted by molar-refractivity contribution is -0.116. The maximum atomic E-state index is 12.8. The van der Waals surface area contributed by atoms with Crippen molar-refractivity contribution in [3.05, 3.63) is 65.4 Å². The summed E-state index contributed by atoms with van der Waals surface area (Å²) in [5, 5.41) is 7.15. The minimum Gasteiger partial charge on any atom is -0.372 e. The number of hydrogen-bond acceptors (Lipinski definition) is 4. The Morgan fingerprint density at radius 3 is 2.37 bits per heavy atom. The predicted molar refractivity (Wildman–Crippen MR) is 112 cm³/mol. The van der Waals surface area contributed by atoms with Gasteiger partial charge in [-0.15, -0.1) is 0 Å². The molecule has 27 heavy (non-hydrogen) atoms. The molecule has 2 aromatic rings. The second-order valence-electron chi connectivity index (χ2n) is 7.18. The Kier molecular flexibility index (Phi) is 4.88. The summed E-state index contributed by atoms with van der Waals surface area (Å²) < 4.78 is 0. The van der Waals surface area contributed by atoms with Gasteiger partial charge in [0, 0.05) is 36.5 Å². The molecular formula is C23H27N3O. The first-order valence-electron chi connectivity index (χ1n) is 9.95. The minimum absolute atomic E-state index is 0.116. The van der Waals surface area contributed by atoms with Crippen LogP contribution in [0.15, 0.2) is 59.8 Å². The first-order chi connectivity index (χ1) is 13.2. The van der Waals surface area contributed by atoms with Crippen molar-refractivity contribution in [2.75, 3.05) is 28.6 Å². The van der Waals surface area contributed by atoms with Crippen LogP contribution in [-0.2, 0) is 4.79 Å². The van der Waals surface area contributed by atoms with Gasteiger partial charge in [-0.25, -0.2) is 0 Å². The summed E-state index contributed by atoms with van der Waals surface area (Å²) in [7, 11) is 0. The number of carbonyl (C=O) groups excluding carboxylic acids is 1. The van der Waals surface area contributed by atoms with Gasteiger partial charge in [0.15, 0.2) is 5.78 Å². The highest BCUT2D eigenvalue weighted by atomic mass is 16.1. The van der Waals surface area contributed by atoms with Gasteiger partial charge in [0.2, 0.25) is 0 Å². The van der Waals surface area contributed by atoms with Crippen LogP contribution in [0.1, 0.15) is 44.7 Å². The van der Waals surface area contributed by atoms with E-state index in [4.69, 9.17) is 0 Å². The van der Waals surface area contributed by atoms with Crippen LogP contribution >= 0.6 is 0 Å². The van der Waals surface area contributed by atoms with E-state index in [1.54, 1.807) is 0 Å². The van der Waals surface area contributed by atoms with Gasteiger partial charge >= 0.3 is 0 Å². The maximum absolute atomic E-state index is 12.8. The number of rotatable bonds is 4. The summed E-state index contributed by atoms with van der Waals surface area (Å²) in [6, 6.07) is 16.7. The van der Waals surface area contributed by atoms with Crippen molar-refractivity contribution in [1.82, 2.24) is 0 Å². The number of para-hydroxylation sites is 2. The summed E-state index contributed by atoms with van der Waals surface area (Å²) in [6.45, 7) is 6.32. The fourth-order valence-electron chi connectivity index (χ4n) is 4.15. The highest BCUT2D eigenvalue weighted by Crippen LogP contribution is 2.40. The van der Waals surface area contributed by atoms with Crippen LogP contribution in [0.25, 0.3) is 0 Å². The molecule has 0 spiro atoms. The number of hydrogen-bond donors (Lipinski definition) is 2. The molecule has 1 heterocycles. The monoisotopic (exact) mass is 361 g/mol. The number of nitrogens with one attached hydrogen (secondary N) is 2. The lowest BCUT2D eigenvalue weighted by Gasteiger charge is -2.26. The van der Waals surface area contributed by atoms with E-state index in [9.17, 15) is 4.79 Å². The molecule has 2 aromatic carbocycles. The zero-order chi connectivity index (χ0) is 18.8. The third kappa shape index (κ3) is 3.32.